The molecular weight excluding hydrogens is 262 g/mol. The number of rotatable bonds is 2. The number of aromatic amines is 1. The van der Waals surface area contributed by atoms with Crippen molar-refractivity contribution in [2.24, 2.45) is 0 Å². The van der Waals surface area contributed by atoms with Crippen molar-refractivity contribution in [3.8, 4) is 0 Å². The fourth-order valence-electron chi connectivity index (χ4n) is 2.29. The molecule has 3 rings (SSSR count). The minimum atomic E-state index is -1.05. The zero-order chi connectivity index (χ0) is 14.1. The van der Waals surface area contributed by atoms with Crippen LogP contribution in [0.3, 0.4) is 0 Å². The highest BCUT2D eigenvalue weighted by Crippen LogP contribution is 2.17. The molecule has 2 heterocycles. The Kier molecular flexibility index (Phi) is 3.11. The van der Waals surface area contributed by atoms with Crippen LogP contribution < -0.4 is 0 Å². The molecule has 2 aromatic rings. The number of carboxylic acids is 1. The smallest absolute Gasteiger partial charge is 0.328 e. The van der Waals surface area contributed by atoms with E-state index < -0.39 is 12.0 Å². The lowest BCUT2D eigenvalue weighted by Gasteiger charge is -2.32. The highest BCUT2D eigenvalue weighted by atomic mass is 16.5. The number of nitrogens with one attached hydrogen (secondary N) is 1. The molecule has 1 atom stereocenters. The number of carboxylic acid groups (broad SMARTS) is 1. The molecule has 104 valence electrons. The second-order valence-corrected chi connectivity index (χ2v) is 4.60. The average Bonchev–Trinajstić information content (AvgIpc) is 2.93. The summed E-state index contributed by atoms with van der Waals surface area (Å²) in [6.07, 6.45) is 1.67. The monoisotopic (exact) mass is 275 g/mol. The summed E-state index contributed by atoms with van der Waals surface area (Å²) in [5, 5.41) is 16.7. The van der Waals surface area contributed by atoms with Crippen molar-refractivity contribution >= 4 is 22.8 Å². The molecule has 0 bridgehead atoms. The first kappa shape index (κ1) is 12.6. The molecule has 2 N–H and O–H groups in total. The van der Waals surface area contributed by atoms with E-state index in [4.69, 9.17) is 9.84 Å². The number of aromatic nitrogens is 2. The van der Waals surface area contributed by atoms with Gasteiger partial charge in [-0.05, 0) is 12.1 Å². The van der Waals surface area contributed by atoms with Crippen LogP contribution in [0, 0.1) is 0 Å². The number of amides is 1. The second-order valence-electron chi connectivity index (χ2n) is 4.60. The molecule has 1 fully saturated rings. The fraction of sp³-hybridized carbons (Fsp3) is 0.308. The van der Waals surface area contributed by atoms with Gasteiger partial charge in [0, 0.05) is 17.5 Å². The van der Waals surface area contributed by atoms with Crippen LogP contribution in [-0.4, -0.2) is 57.9 Å². The van der Waals surface area contributed by atoms with E-state index >= 15 is 0 Å². The molecule has 1 aromatic carbocycles. The van der Waals surface area contributed by atoms with Gasteiger partial charge in [-0.1, -0.05) is 6.07 Å². The first-order chi connectivity index (χ1) is 9.66. The van der Waals surface area contributed by atoms with E-state index in [1.165, 1.54) is 4.90 Å². The van der Waals surface area contributed by atoms with Crippen LogP contribution in [0.1, 0.15) is 10.4 Å². The van der Waals surface area contributed by atoms with Gasteiger partial charge >= 0.3 is 5.97 Å². The maximum Gasteiger partial charge on any atom is 0.328 e. The summed E-state index contributed by atoms with van der Waals surface area (Å²) >= 11 is 0. The standard InChI is InChI=1S/C13H13N3O4/c17-12(16-3-4-20-7-11(16)13(18)19)8-1-2-9-6-14-15-10(9)5-8/h1-2,5-6,11H,3-4,7H2,(H,14,15)(H,18,19). The van der Waals surface area contributed by atoms with Crippen LogP contribution in [0.25, 0.3) is 10.9 Å². The van der Waals surface area contributed by atoms with Crippen molar-refractivity contribution < 1.29 is 19.4 Å². The normalized spacial score (nSPS) is 19.2. The summed E-state index contributed by atoms with van der Waals surface area (Å²) in [7, 11) is 0. The van der Waals surface area contributed by atoms with Crippen molar-refractivity contribution in [1.82, 2.24) is 15.1 Å². The van der Waals surface area contributed by atoms with Gasteiger partial charge in [0.15, 0.2) is 6.04 Å². The van der Waals surface area contributed by atoms with Crippen LogP contribution >= 0.6 is 0 Å². The van der Waals surface area contributed by atoms with E-state index in [-0.39, 0.29) is 19.1 Å². The number of hydrogen-bond donors (Lipinski definition) is 2. The Morgan fingerprint density at radius 2 is 2.30 bits per heavy atom. The molecule has 1 aliphatic heterocycles. The Labute approximate surface area is 114 Å². The molecule has 0 saturated carbocycles. The minimum Gasteiger partial charge on any atom is -0.480 e. The molecule has 1 saturated heterocycles. The molecule has 0 spiro atoms. The van der Waals surface area contributed by atoms with Gasteiger partial charge in [0.05, 0.1) is 24.9 Å². The summed E-state index contributed by atoms with van der Waals surface area (Å²) in [5.74, 6) is -1.36. The van der Waals surface area contributed by atoms with Crippen LogP contribution in [0.4, 0.5) is 0 Å². The van der Waals surface area contributed by atoms with E-state index in [9.17, 15) is 9.59 Å². The van der Waals surface area contributed by atoms with Gasteiger partial charge in [0.2, 0.25) is 0 Å². The predicted octanol–water partition coefficient (Wildman–Crippen LogP) is 0.488. The molecule has 0 aliphatic carbocycles. The summed E-state index contributed by atoms with van der Waals surface area (Å²) in [4.78, 5) is 25.0. The van der Waals surface area contributed by atoms with Crippen LogP contribution in [0.2, 0.25) is 0 Å². The summed E-state index contributed by atoms with van der Waals surface area (Å²) in [6.45, 7) is 0.645. The van der Waals surface area contributed by atoms with Gasteiger partial charge in [0.25, 0.3) is 5.91 Å². The van der Waals surface area contributed by atoms with Crippen molar-refractivity contribution in [1.29, 1.82) is 0 Å². The fourth-order valence-corrected chi connectivity index (χ4v) is 2.29. The third-order valence-corrected chi connectivity index (χ3v) is 3.36. The van der Waals surface area contributed by atoms with E-state index in [1.807, 2.05) is 0 Å². The third kappa shape index (κ3) is 2.12. The number of H-pyrrole nitrogens is 1. The number of aliphatic carboxylic acids is 1. The minimum absolute atomic E-state index is 0.0212. The van der Waals surface area contributed by atoms with E-state index in [1.54, 1.807) is 24.4 Å². The average molecular weight is 275 g/mol. The van der Waals surface area contributed by atoms with Gasteiger partial charge in [-0.2, -0.15) is 5.10 Å². The maximum atomic E-state index is 12.5. The van der Waals surface area contributed by atoms with E-state index in [0.29, 0.717) is 12.2 Å². The van der Waals surface area contributed by atoms with Crippen molar-refractivity contribution in [2.45, 2.75) is 6.04 Å². The quantitative estimate of drug-likeness (QED) is 0.831. The summed E-state index contributed by atoms with van der Waals surface area (Å²) in [6, 6.07) is 4.20. The Bertz CT molecular complexity index is 666. The van der Waals surface area contributed by atoms with Crippen LogP contribution in [0.15, 0.2) is 24.4 Å². The highest BCUT2D eigenvalue weighted by Gasteiger charge is 2.33. The van der Waals surface area contributed by atoms with Gasteiger partial charge in [-0.25, -0.2) is 4.79 Å². The van der Waals surface area contributed by atoms with E-state index in [2.05, 4.69) is 10.2 Å². The zero-order valence-electron chi connectivity index (χ0n) is 10.6. The highest BCUT2D eigenvalue weighted by molar-refractivity contribution is 5.99. The number of benzene rings is 1. The number of fused-ring (bicyclic) bond motifs is 1. The van der Waals surface area contributed by atoms with Crippen molar-refractivity contribution in [3.05, 3.63) is 30.0 Å². The summed E-state index contributed by atoms with van der Waals surface area (Å²) in [5.41, 5.74) is 1.19. The van der Waals surface area contributed by atoms with Crippen LogP contribution in [0.5, 0.6) is 0 Å². The Hall–Kier alpha value is -2.41. The lowest BCUT2D eigenvalue weighted by Crippen LogP contribution is -2.52. The SMILES string of the molecule is O=C(O)C1COCCN1C(=O)c1ccc2cn[nH]c2c1. The van der Waals surface area contributed by atoms with Gasteiger partial charge in [-0.15, -0.1) is 0 Å². The first-order valence-electron chi connectivity index (χ1n) is 6.21. The molecule has 1 amide bonds. The Morgan fingerprint density at radius 3 is 3.10 bits per heavy atom. The molecular formula is C13H13N3O4. The molecule has 7 nitrogen and oxygen atoms in total. The molecule has 20 heavy (non-hydrogen) atoms. The van der Waals surface area contributed by atoms with Crippen molar-refractivity contribution in [2.75, 3.05) is 19.8 Å². The molecule has 7 heteroatoms. The Morgan fingerprint density at radius 1 is 1.45 bits per heavy atom. The molecule has 0 radical (unpaired) electrons. The lowest BCUT2D eigenvalue weighted by atomic mass is 10.1. The lowest BCUT2D eigenvalue weighted by molar-refractivity contribution is -0.147. The van der Waals surface area contributed by atoms with E-state index in [0.717, 1.165) is 10.9 Å². The molecule has 1 aromatic heterocycles. The molecule has 1 unspecified atom stereocenters. The first-order valence-corrected chi connectivity index (χ1v) is 6.21. The maximum absolute atomic E-state index is 12.5. The van der Waals surface area contributed by atoms with Gasteiger partial charge < -0.3 is 14.7 Å². The second kappa shape index (κ2) is 4.93. The number of morpholine rings is 1. The number of carbonyl (C=O) groups is 2. The third-order valence-electron chi connectivity index (χ3n) is 3.36. The van der Waals surface area contributed by atoms with Crippen LogP contribution in [-0.2, 0) is 9.53 Å². The largest absolute Gasteiger partial charge is 0.480 e. The number of hydrogen-bond acceptors (Lipinski definition) is 4. The predicted molar refractivity (Wildman–Crippen MR) is 69.4 cm³/mol. The van der Waals surface area contributed by atoms with Crippen molar-refractivity contribution in [3.63, 3.8) is 0 Å². The topological polar surface area (TPSA) is 95.5 Å². The number of nitrogens with zero attached hydrogens (tertiary/aromatic N) is 2. The zero-order valence-corrected chi connectivity index (χ0v) is 10.6. The van der Waals surface area contributed by atoms with Gasteiger partial charge in [-0.3, -0.25) is 9.89 Å². The molecule has 1 aliphatic rings. The van der Waals surface area contributed by atoms with Gasteiger partial charge in [0.1, 0.15) is 0 Å². The Balaban J connectivity index is 1.91. The number of carbonyl (C=O) groups excluding carboxylic acids is 1. The summed E-state index contributed by atoms with van der Waals surface area (Å²) < 4.78 is 5.13. The number of ether oxygens (including phenoxy) is 1.